The van der Waals surface area contributed by atoms with Gasteiger partial charge in [0.05, 0.1) is 11.5 Å². The van der Waals surface area contributed by atoms with E-state index in [0.29, 0.717) is 18.1 Å². The van der Waals surface area contributed by atoms with Crippen LogP contribution in [0.3, 0.4) is 0 Å². The highest BCUT2D eigenvalue weighted by atomic mass is 32.2. The fourth-order valence-electron chi connectivity index (χ4n) is 2.72. The highest BCUT2D eigenvalue weighted by molar-refractivity contribution is 7.89. The summed E-state index contributed by atoms with van der Waals surface area (Å²) in [6.07, 6.45) is 0.732. The maximum absolute atomic E-state index is 12.5. The molecule has 2 heterocycles. The molecular formula is C16H15NO5S. The molecule has 0 aliphatic carbocycles. The lowest BCUT2D eigenvalue weighted by atomic mass is 10.2. The molecule has 0 unspecified atom stereocenters. The van der Waals surface area contributed by atoms with Crippen LogP contribution in [0.25, 0.3) is 0 Å². The minimum atomic E-state index is -3.60. The maximum atomic E-state index is 12.5. The van der Waals surface area contributed by atoms with Crippen molar-refractivity contribution in [1.29, 1.82) is 0 Å². The minimum Gasteiger partial charge on any atom is -0.493 e. The van der Waals surface area contributed by atoms with Crippen LogP contribution in [0, 0.1) is 0 Å². The Bertz CT molecular complexity index is 863. The zero-order valence-electron chi connectivity index (χ0n) is 12.2. The average molecular weight is 333 g/mol. The summed E-state index contributed by atoms with van der Waals surface area (Å²) in [5, 5.41) is 0. The molecule has 0 bridgehead atoms. The number of para-hydroxylation sites is 1. The molecule has 0 atom stereocenters. The first-order valence-electron chi connectivity index (χ1n) is 7.26. The molecule has 23 heavy (non-hydrogen) atoms. The van der Waals surface area contributed by atoms with Crippen LogP contribution in [0.2, 0.25) is 0 Å². The van der Waals surface area contributed by atoms with Crippen LogP contribution in [-0.2, 0) is 23.0 Å². The van der Waals surface area contributed by atoms with Crippen molar-refractivity contribution < 1.29 is 22.6 Å². The Hall–Kier alpha value is -2.25. The molecule has 0 saturated heterocycles. The Morgan fingerprint density at radius 3 is 2.87 bits per heavy atom. The van der Waals surface area contributed by atoms with Gasteiger partial charge in [0, 0.05) is 18.5 Å². The van der Waals surface area contributed by atoms with E-state index in [1.54, 1.807) is 24.3 Å². The molecule has 0 spiro atoms. The van der Waals surface area contributed by atoms with Crippen LogP contribution >= 0.6 is 0 Å². The number of ether oxygens (including phenoxy) is 3. The van der Waals surface area contributed by atoms with Gasteiger partial charge < -0.3 is 14.2 Å². The van der Waals surface area contributed by atoms with Gasteiger partial charge in [0.25, 0.3) is 0 Å². The van der Waals surface area contributed by atoms with Gasteiger partial charge in [-0.05, 0) is 29.8 Å². The summed E-state index contributed by atoms with van der Waals surface area (Å²) in [7, 11) is -3.60. The predicted molar refractivity (Wildman–Crippen MR) is 82.2 cm³/mol. The van der Waals surface area contributed by atoms with Gasteiger partial charge in [-0.2, -0.15) is 0 Å². The molecule has 2 aromatic carbocycles. The third kappa shape index (κ3) is 2.62. The number of hydrogen-bond acceptors (Lipinski definition) is 5. The van der Waals surface area contributed by atoms with Crippen molar-refractivity contribution in [1.82, 2.24) is 4.72 Å². The van der Waals surface area contributed by atoms with Crippen molar-refractivity contribution >= 4 is 10.0 Å². The molecule has 1 N–H and O–H groups in total. The fourth-order valence-corrected chi connectivity index (χ4v) is 3.77. The Morgan fingerprint density at radius 2 is 1.96 bits per heavy atom. The van der Waals surface area contributed by atoms with Crippen molar-refractivity contribution in [2.24, 2.45) is 0 Å². The molecule has 6 nitrogen and oxygen atoms in total. The first-order valence-corrected chi connectivity index (χ1v) is 8.75. The number of benzene rings is 2. The van der Waals surface area contributed by atoms with Gasteiger partial charge in [-0.25, -0.2) is 13.1 Å². The standard InChI is InChI=1S/C16H15NO5S/c18-23(19,13-4-5-14-11(8-13)6-7-20-14)17-9-12-2-1-3-15-16(12)22-10-21-15/h1-5,8,17H,6-7,9-10H2. The Balaban J connectivity index is 1.55. The number of fused-ring (bicyclic) bond motifs is 2. The summed E-state index contributed by atoms with van der Waals surface area (Å²) in [5.41, 5.74) is 1.67. The normalized spacial score (nSPS) is 15.3. The molecule has 0 saturated carbocycles. The van der Waals surface area contributed by atoms with E-state index in [4.69, 9.17) is 14.2 Å². The Morgan fingerprint density at radius 1 is 1.04 bits per heavy atom. The zero-order chi connectivity index (χ0) is 15.9. The number of nitrogens with one attached hydrogen (secondary N) is 1. The minimum absolute atomic E-state index is 0.141. The van der Waals surface area contributed by atoms with Crippen LogP contribution in [0.4, 0.5) is 0 Å². The molecular weight excluding hydrogens is 318 g/mol. The molecule has 0 radical (unpaired) electrons. The summed E-state index contributed by atoms with van der Waals surface area (Å²) in [6, 6.07) is 10.3. The van der Waals surface area contributed by atoms with Gasteiger partial charge in [-0.15, -0.1) is 0 Å². The molecule has 0 aromatic heterocycles. The van der Waals surface area contributed by atoms with Crippen LogP contribution in [0.1, 0.15) is 11.1 Å². The van der Waals surface area contributed by atoms with Gasteiger partial charge >= 0.3 is 0 Å². The quantitative estimate of drug-likeness (QED) is 0.924. The van der Waals surface area contributed by atoms with E-state index < -0.39 is 10.0 Å². The largest absolute Gasteiger partial charge is 0.493 e. The van der Waals surface area contributed by atoms with Gasteiger partial charge in [-0.3, -0.25) is 0 Å². The molecule has 0 amide bonds. The Kier molecular flexibility index (Phi) is 3.39. The first-order chi connectivity index (χ1) is 11.1. The van der Waals surface area contributed by atoms with Gasteiger partial charge in [-0.1, -0.05) is 12.1 Å². The van der Waals surface area contributed by atoms with E-state index in [-0.39, 0.29) is 18.2 Å². The molecule has 4 rings (SSSR count). The van der Waals surface area contributed by atoms with Crippen LogP contribution in [-0.4, -0.2) is 21.8 Å². The first kappa shape index (κ1) is 14.3. The van der Waals surface area contributed by atoms with Crippen LogP contribution in [0.15, 0.2) is 41.3 Å². The lowest BCUT2D eigenvalue weighted by Gasteiger charge is -2.09. The average Bonchev–Trinajstić information content (AvgIpc) is 3.20. The van der Waals surface area contributed by atoms with E-state index in [0.717, 1.165) is 23.3 Å². The van der Waals surface area contributed by atoms with Crippen LogP contribution in [0.5, 0.6) is 17.2 Å². The maximum Gasteiger partial charge on any atom is 0.240 e. The van der Waals surface area contributed by atoms with Gasteiger partial charge in [0.15, 0.2) is 11.5 Å². The molecule has 7 heteroatoms. The SMILES string of the molecule is O=S(=O)(NCc1cccc2c1OCO2)c1ccc2c(c1)CCO2. The van der Waals surface area contributed by atoms with E-state index in [2.05, 4.69) is 4.72 Å². The summed E-state index contributed by atoms with van der Waals surface area (Å²) in [5.74, 6) is 1.99. The Labute approximate surface area is 134 Å². The van der Waals surface area contributed by atoms with E-state index in [1.807, 2.05) is 12.1 Å². The van der Waals surface area contributed by atoms with Crippen molar-refractivity contribution in [3.63, 3.8) is 0 Å². The van der Waals surface area contributed by atoms with E-state index >= 15 is 0 Å². The number of hydrogen-bond donors (Lipinski definition) is 1. The monoisotopic (exact) mass is 333 g/mol. The number of sulfonamides is 1. The molecule has 2 aliphatic heterocycles. The number of rotatable bonds is 4. The van der Waals surface area contributed by atoms with Crippen molar-refractivity contribution in [3.8, 4) is 17.2 Å². The summed E-state index contributed by atoms with van der Waals surface area (Å²) in [4.78, 5) is 0.242. The van der Waals surface area contributed by atoms with E-state index in [9.17, 15) is 8.42 Å². The van der Waals surface area contributed by atoms with Gasteiger partial charge in [0.1, 0.15) is 5.75 Å². The zero-order valence-corrected chi connectivity index (χ0v) is 13.1. The molecule has 2 aliphatic rings. The van der Waals surface area contributed by atoms with E-state index in [1.165, 1.54) is 0 Å². The van der Waals surface area contributed by atoms with Crippen molar-refractivity contribution in [3.05, 3.63) is 47.5 Å². The van der Waals surface area contributed by atoms with Crippen molar-refractivity contribution in [2.45, 2.75) is 17.9 Å². The predicted octanol–water partition coefficient (Wildman–Crippen LogP) is 1.83. The lowest BCUT2D eigenvalue weighted by Crippen LogP contribution is -2.23. The summed E-state index contributed by atoms with van der Waals surface area (Å²) < 4.78 is 43.7. The van der Waals surface area contributed by atoms with Gasteiger partial charge in [0.2, 0.25) is 16.8 Å². The summed E-state index contributed by atoms with van der Waals surface area (Å²) >= 11 is 0. The second-order valence-electron chi connectivity index (χ2n) is 5.34. The summed E-state index contributed by atoms with van der Waals surface area (Å²) in [6.45, 7) is 0.895. The lowest BCUT2D eigenvalue weighted by molar-refractivity contribution is 0.173. The third-order valence-corrected chi connectivity index (χ3v) is 5.30. The third-order valence-electron chi connectivity index (χ3n) is 3.90. The molecule has 0 fully saturated rings. The fraction of sp³-hybridized carbons (Fsp3) is 0.250. The van der Waals surface area contributed by atoms with Crippen LogP contribution < -0.4 is 18.9 Å². The highest BCUT2D eigenvalue weighted by Gasteiger charge is 2.21. The topological polar surface area (TPSA) is 73.9 Å². The molecule has 120 valence electrons. The van der Waals surface area contributed by atoms with Crippen molar-refractivity contribution in [2.75, 3.05) is 13.4 Å². The molecule has 2 aromatic rings. The second kappa shape index (κ2) is 5.43. The smallest absolute Gasteiger partial charge is 0.240 e. The second-order valence-corrected chi connectivity index (χ2v) is 7.11. The highest BCUT2D eigenvalue weighted by Crippen LogP contribution is 2.35.